The summed E-state index contributed by atoms with van der Waals surface area (Å²) in [6, 6.07) is 14.0. The monoisotopic (exact) mass is 888 g/mol. The van der Waals surface area contributed by atoms with Crippen molar-refractivity contribution in [2.24, 2.45) is 0 Å². The molecule has 0 aliphatic carbocycles. The van der Waals surface area contributed by atoms with Gasteiger partial charge >= 0.3 is 50.8 Å². The van der Waals surface area contributed by atoms with Crippen LogP contribution in [0.3, 0.4) is 0 Å². The standard InChI is InChI=1S/C7H7.3CH2O.7BF4.Mo/c1-2-4-6-7-5-3-1;3*1-2;7*2-1(3,4)5;/h1-7H;3*1H2;;;;;;;;/q+1;;;;7*-1;. The summed E-state index contributed by atoms with van der Waals surface area (Å²) < 4.78 is 273. The van der Waals surface area contributed by atoms with Crippen molar-refractivity contribution in [3.05, 3.63) is 42.5 Å². The van der Waals surface area contributed by atoms with Gasteiger partial charge in [-0.1, -0.05) is 0 Å². The van der Waals surface area contributed by atoms with Crippen molar-refractivity contribution in [2.45, 2.75) is 0 Å². The van der Waals surface area contributed by atoms with Crippen LogP contribution in [0.25, 0.3) is 0 Å². The normalized spacial score (nSPS) is 9.96. The fraction of sp³-hybridized carbons (Fsp3) is 0. The quantitative estimate of drug-likeness (QED) is 0.148. The SMILES string of the molecule is C=O.C=O.C=O.F[B-](F)(F)F.F[B-](F)(F)F.F[B-](F)(F)F.F[B-](F)(F)F.F[B-](F)(F)F.F[B-](F)(F)F.F[B-](F)(F)F.[Mo].c1ccc[cH+]cc1. The zero-order valence-electron chi connectivity index (χ0n) is 22.4. The Kier molecular flexibility index (Phi) is 64.5. The van der Waals surface area contributed by atoms with E-state index in [1.165, 1.54) is 0 Å². The van der Waals surface area contributed by atoms with E-state index in [9.17, 15) is 121 Å². The molecule has 0 spiro atoms. The fourth-order valence-electron chi connectivity index (χ4n) is 0.449. The summed E-state index contributed by atoms with van der Waals surface area (Å²) >= 11 is 0. The number of halogens is 28. The summed E-state index contributed by atoms with van der Waals surface area (Å²) in [4.78, 5) is 24.0. The molecule has 0 N–H and O–H groups in total. The van der Waals surface area contributed by atoms with Gasteiger partial charge in [0, 0.05) is 63.5 Å². The minimum atomic E-state index is -6.00. The molecular formula is C10H13B7F28MoO3-6. The van der Waals surface area contributed by atoms with Crippen molar-refractivity contribution in [1.29, 1.82) is 0 Å². The van der Waals surface area contributed by atoms with Crippen molar-refractivity contribution in [2.75, 3.05) is 0 Å². The third kappa shape index (κ3) is 4620. The molecule has 39 heteroatoms. The van der Waals surface area contributed by atoms with E-state index in [0.717, 1.165) is 0 Å². The van der Waals surface area contributed by atoms with E-state index in [1.54, 1.807) is 0 Å². The van der Waals surface area contributed by atoms with E-state index in [-0.39, 0.29) is 21.1 Å². The molecule has 0 fully saturated rings. The molecule has 0 aromatic heterocycles. The van der Waals surface area contributed by atoms with Crippen LogP contribution in [0.2, 0.25) is 0 Å². The second-order valence-corrected chi connectivity index (χ2v) is 4.81. The number of carbonyl (C=O) groups is 3. The smallest absolute Gasteiger partial charge is 0.418 e. The summed E-state index contributed by atoms with van der Waals surface area (Å²) in [5, 5.41) is 0. The molecule has 0 aliphatic rings. The molecular weight excluding hydrogens is 872 g/mol. The second kappa shape index (κ2) is 41.5. The summed E-state index contributed by atoms with van der Waals surface area (Å²) in [6.45, 7) is 6.00. The first-order valence-corrected chi connectivity index (χ1v) is 9.31. The molecule has 300 valence electrons. The topological polar surface area (TPSA) is 51.2 Å². The molecule has 0 atom stereocenters. The van der Waals surface area contributed by atoms with Gasteiger partial charge in [-0.25, -0.2) is 0 Å². The van der Waals surface area contributed by atoms with Gasteiger partial charge in [0.15, 0.2) is 0 Å². The summed E-state index contributed by atoms with van der Waals surface area (Å²) in [5.74, 6) is 0. The van der Waals surface area contributed by atoms with Gasteiger partial charge in [0.2, 0.25) is 0 Å². The molecule has 1 aromatic carbocycles. The Morgan fingerprint density at radius 1 is 0.265 bits per heavy atom. The summed E-state index contributed by atoms with van der Waals surface area (Å²) in [7, 11) is -42.0. The maximum atomic E-state index is 9.75. The van der Waals surface area contributed by atoms with Crippen LogP contribution < -0.4 is 0 Å². The maximum absolute atomic E-state index is 9.75. The minimum absolute atomic E-state index is 0. The van der Waals surface area contributed by atoms with Crippen LogP contribution in [-0.4, -0.2) is 71.1 Å². The van der Waals surface area contributed by atoms with Crippen molar-refractivity contribution in [3.8, 4) is 0 Å². The molecule has 0 radical (unpaired) electrons. The first-order chi connectivity index (χ1) is 20.5. The van der Waals surface area contributed by atoms with Gasteiger partial charge in [0.1, 0.15) is 20.4 Å². The van der Waals surface area contributed by atoms with E-state index in [4.69, 9.17) is 14.4 Å². The molecule has 0 bridgehead atoms. The molecule has 3 nitrogen and oxygen atoms in total. The van der Waals surface area contributed by atoms with Crippen LogP contribution in [0.15, 0.2) is 42.5 Å². The second-order valence-electron chi connectivity index (χ2n) is 4.81. The molecule has 0 aliphatic heterocycles. The number of hydrogen-bond donors (Lipinski definition) is 0. The molecule has 0 saturated carbocycles. The van der Waals surface area contributed by atoms with Gasteiger partial charge in [-0.05, 0) is 0 Å². The van der Waals surface area contributed by atoms with E-state index in [1.807, 2.05) is 62.8 Å². The zero-order chi connectivity index (χ0) is 42.4. The van der Waals surface area contributed by atoms with Crippen molar-refractivity contribution in [1.82, 2.24) is 0 Å². The van der Waals surface area contributed by atoms with Gasteiger partial charge in [-0.3, -0.25) is 0 Å². The minimum Gasteiger partial charge on any atom is -0.418 e. The van der Waals surface area contributed by atoms with Crippen LogP contribution >= 0.6 is 0 Å². The number of hydrogen-bond acceptors (Lipinski definition) is 3. The molecule has 0 amide bonds. The van der Waals surface area contributed by atoms with Gasteiger partial charge in [-0.2, -0.15) is 0 Å². The molecule has 0 heterocycles. The number of rotatable bonds is 0. The maximum Gasteiger partial charge on any atom is 0.673 e. The zero-order valence-corrected chi connectivity index (χ0v) is 24.4. The molecule has 0 unspecified atom stereocenters. The third-order valence-electron chi connectivity index (χ3n) is 0.778. The Balaban J connectivity index is -0.0000000366. The van der Waals surface area contributed by atoms with Gasteiger partial charge < -0.3 is 135 Å². The Bertz CT molecular complexity index is 544. The largest absolute Gasteiger partial charge is 0.673 e. The first kappa shape index (κ1) is 76.2. The van der Waals surface area contributed by atoms with Crippen LogP contribution in [-0.2, 0) is 35.4 Å². The van der Waals surface area contributed by atoms with Crippen LogP contribution in [0.5, 0.6) is 0 Å². The van der Waals surface area contributed by atoms with Gasteiger partial charge in [0.05, 0.1) is 0 Å². The molecule has 1 rings (SSSR count). The average molecular weight is 885 g/mol. The van der Waals surface area contributed by atoms with Crippen LogP contribution in [0.1, 0.15) is 0 Å². The Hall–Kier alpha value is -2.72. The molecule has 49 heavy (non-hydrogen) atoms. The summed E-state index contributed by atoms with van der Waals surface area (Å²) in [6.07, 6.45) is 0. The fourth-order valence-corrected chi connectivity index (χ4v) is 0.449. The predicted octanol–water partition coefficient (Wildman–Crippen LogP) is 10.5. The Labute approximate surface area is 270 Å². The van der Waals surface area contributed by atoms with Gasteiger partial charge in [-0.15, -0.1) is 0 Å². The predicted molar refractivity (Wildman–Crippen MR) is 124 cm³/mol. The van der Waals surface area contributed by atoms with E-state index in [0.29, 0.717) is 0 Å². The van der Waals surface area contributed by atoms with Crippen LogP contribution in [0.4, 0.5) is 121 Å². The first-order valence-electron chi connectivity index (χ1n) is 9.31. The molecule has 0 saturated heterocycles. The summed E-state index contributed by atoms with van der Waals surface area (Å²) in [5.41, 5.74) is 0. The average Bonchev–Trinajstić information content (AvgIpc) is 3.03. The molecule has 1 aromatic rings. The van der Waals surface area contributed by atoms with E-state index in [2.05, 4.69) is 0 Å². The van der Waals surface area contributed by atoms with Gasteiger partial charge in [0.25, 0.3) is 0 Å². The van der Waals surface area contributed by atoms with Crippen molar-refractivity contribution < 1.29 is 156 Å². The Morgan fingerprint density at radius 3 is 0.429 bits per heavy atom. The van der Waals surface area contributed by atoms with Crippen molar-refractivity contribution >= 4 is 71.1 Å². The van der Waals surface area contributed by atoms with Crippen LogP contribution in [0, 0.1) is 0 Å². The van der Waals surface area contributed by atoms with Crippen molar-refractivity contribution in [3.63, 3.8) is 0 Å². The third-order valence-corrected chi connectivity index (χ3v) is 0.778. The van der Waals surface area contributed by atoms with E-state index >= 15 is 0 Å². The van der Waals surface area contributed by atoms with E-state index < -0.39 is 50.8 Å². The number of carbonyl (C=O) groups excluding carboxylic acids is 3. The Morgan fingerprint density at radius 2 is 0.347 bits per heavy atom.